The number of piperidine rings is 1. The van der Waals surface area contributed by atoms with E-state index in [4.69, 9.17) is 4.74 Å². The molecule has 0 aliphatic carbocycles. The minimum absolute atomic E-state index is 0.385. The molecule has 0 atom stereocenters. The van der Waals surface area contributed by atoms with Crippen molar-refractivity contribution in [3.8, 4) is 0 Å². The zero-order chi connectivity index (χ0) is 12.3. The Balaban J connectivity index is 1.81. The molecular formula is C14H28N2O. The van der Waals surface area contributed by atoms with Gasteiger partial charge >= 0.3 is 0 Å². The molecule has 100 valence electrons. The second kappa shape index (κ2) is 5.68. The standard InChI is InChI=1S/C14H28N2O/c1-4-14(2,3)16-7-5-13(6-8-16)15-9-11-17-12-10-15/h13H,4-12H2,1-3H3. The lowest BCUT2D eigenvalue weighted by molar-refractivity contribution is -0.0114. The van der Waals surface area contributed by atoms with Crippen LogP contribution in [0.5, 0.6) is 0 Å². The van der Waals surface area contributed by atoms with Crippen molar-refractivity contribution in [3.63, 3.8) is 0 Å². The van der Waals surface area contributed by atoms with Crippen LogP contribution in [0.1, 0.15) is 40.0 Å². The van der Waals surface area contributed by atoms with E-state index in [9.17, 15) is 0 Å². The molecule has 0 radical (unpaired) electrons. The lowest BCUT2D eigenvalue weighted by Gasteiger charge is -2.45. The van der Waals surface area contributed by atoms with E-state index in [1.165, 1.54) is 32.4 Å². The molecule has 0 bridgehead atoms. The molecule has 0 spiro atoms. The number of rotatable bonds is 3. The number of nitrogens with zero attached hydrogens (tertiary/aromatic N) is 2. The number of hydrogen-bond donors (Lipinski definition) is 0. The average molecular weight is 240 g/mol. The highest BCUT2D eigenvalue weighted by atomic mass is 16.5. The Kier molecular flexibility index (Phi) is 4.45. The molecule has 0 saturated carbocycles. The largest absolute Gasteiger partial charge is 0.379 e. The third kappa shape index (κ3) is 3.21. The Bertz CT molecular complexity index is 228. The first-order chi connectivity index (χ1) is 8.13. The number of likely N-dealkylation sites (tertiary alicyclic amines) is 1. The molecule has 2 rings (SSSR count). The summed E-state index contributed by atoms with van der Waals surface area (Å²) in [5, 5.41) is 0. The summed E-state index contributed by atoms with van der Waals surface area (Å²) in [7, 11) is 0. The van der Waals surface area contributed by atoms with Crippen LogP contribution in [0.4, 0.5) is 0 Å². The molecule has 2 aliphatic heterocycles. The van der Waals surface area contributed by atoms with Crippen molar-refractivity contribution in [1.29, 1.82) is 0 Å². The van der Waals surface area contributed by atoms with Gasteiger partial charge < -0.3 is 4.74 Å². The summed E-state index contributed by atoms with van der Waals surface area (Å²) < 4.78 is 5.43. The van der Waals surface area contributed by atoms with E-state index < -0.39 is 0 Å². The zero-order valence-corrected chi connectivity index (χ0v) is 11.7. The maximum Gasteiger partial charge on any atom is 0.0594 e. The van der Waals surface area contributed by atoms with Crippen molar-refractivity contribution in [1.82, 2.24) is 9.80 Å². The fourth-order valence-electron chi connectivity index (χ4n) is 3.00. The fraction of sp³-hybridized carbons (Fsp3) is 1.00. The Morgan fingerprint density at radius 2 is 1.65 bits per heavy atom. The van der Waals surface area contributed by atoms with E-state index in [1.807, 2.05) is 0 Å². The third-order valence-corrected chi connectivity index (χ3v) is 4.75. The molecule has 0 unspecified atom stereocenters. The monoisotopic (exact) mass is 240 g/mol. The van der Waals surface area contributed by atoms with Gasteiger partial charge in [-0.1, -0.05) is 6.92 Å². The van der Waals surface area contributed by atoms with Gasteiger partial charge in [-0.25, -0.2) is 0 Å². The van der Waals surface area contributed by atoms with Crippen LogP contribution in [0, 0.1) is 0 Å². The highest BCUT2D eigenvalue weighted by Crippen LogP contribution is 2.25. The van der Waals surface area contributed by atoms with Crippen LogP contribution >= 0.6 is 0 Å². The Labute approximate surface area is 106 Å². The summed E-state index contributed by atoms with van der Waals surface area (Å²) in [6.45, 7) is 13.7. The van der Waals surface area contributed by atoms with Crippen molar-refractivity contribution in [3.05, 3.63) is 0 Å². The zero-order valence-electron chi connectivity index (χ0n) is 11.7. The highest BCUT2D eigenvalue weighted by molar-refractivity contribution is 4.87. The molecule has 2 saturated heterocycles. The van der Waals surface area contributed by atoms with E-state index in [-0.39, 0.29) is 0 Å². The van der Waals surface area contributed by atoms with Gasteiger partial charge in [-0.2, -0.15) is 0 Å². The van der Waals surface area contributed by atoms with Crippen molar-refractivity contribution in [2.24, 2.45) is 0 Å². The predicted molar refractivity (Wildman–Crippen MR) is 71.4 cm³/mol. The molecule has 3 heteroatoms. The van der Waals surface area contributed by atoms with Gasteiger partial charge in [0.2, 0.25) is 0 Å². The molecule has 2 fully saturated rings. The lowest BCUT2D eigenvalue weighted by Crippen LogP contribution is -2.53. The molecule has 2 aliphatic rings. The quantitative estimate of drug-likeness (QED) is 0.750. The maximum absolute atomic E-state index is 5.43. The van der Waals surface area contributed by atoms with Crippen LogP contribution in [0.15, 0.2) is 0 Å². The molecule has 0 aromatic rings. The fourth-order valence-corrected chi connectivity index (χ4v) is 3.00. The second-order valence-corrected chi connectivity index (χ2v) is 6.03. The van der Waals surface area contributed by atoms with Gasteiger partial charge in [-0.05, 0) is 33.1 Å². The van der Waals surface area contributed by atoms with Crippen LogP contribution < -0.4 is 0 Å². The Morgan fingerprint density at radius 1 is 1.06 bits per heavy atom. The van der Waals surface area contributed by atoms with E-state index in [1.54, 1.807) is 0 Å². The van der Waals surface area contributed by atoms with Gasteiger partial charge in [0.15, 0.2) is 0 Å². The third-order valence-electron chi connectivity index (χ3n) is 4.75. The second-order valence-electron chi connectivity index (χ2n) is 6.03. The molecule has 0 aromatic heterocycles. The van der Waals surface area contributed by atoms with Crippen molar-refractivity contribution in [2.75, 3.05) is 39.4 Å². The topological polar surface area (TPSA) is 15.7 Å². The van der Waals surface area contributed by atoms with Crippen molar-refractivity contribution < 1.29 is 4.74 Å². The summed E-state index contributed by atoms with van der Waals surface area (Å²) in [4.78, 5) is 5.31. The van der Waals surface area contributed by atoms with Crippen LogP contribution in [-0.2, 0) is 4.74 Å². The summed E-state index contributed by atoms with van der Waals surface area (Å²) in [6.07, 6.45) is 3.92. The van der Waals surface area contributed by atoms with Crippen LogP contribution in [0.3, 0.4) is 0 Å². The Hall–Kier alpha value is -0.120. The van der Waals surface area contributed by atoms with Crippen LogP contribution in [-0.4, -0.2) is 60.8 Å². The van der Waals surface area contributed by atoms with Gasteiger partial charge in [0.25, 0.3) is 0 Å². The SMILES string of the molecule is CCC(C)(C)N1CCC(N2CCOCC2)CC1. The molecule has 0 amide bonds. The lowest BCUT2D eigenvalue weighted by atomic mass is 9.93. The van der Waals surface area contributed by atoms with Gasteiger partial charge in [-0.3, -0.25) is 9.80 Å². The van der Waals surface area contributed by atoms with Gasteiger partial charge in [0.05, 0.1) is 13.2 Å². The van der Waals surface area contributed by atoms with E-state index >= 15 is 0 Å². The summed E-state index contributed by atoms with van der Waals surface area (Å²) in [5.41, 5.74) is 0.385. The van der Waals surface area contributed by atoms with Crippen LogP contribution in [0.25, 0.3) is 0 Å². The number of ether oxygens (including phenoxy) is 1. The van der Waals surface area contributed by atoms with E-state index in [0.717, 1.165) is 32.3 Å². The molecule has 17 heavy (non-hydrogen) atoms. The highest BCUT2D eigenvalue weighted by Gasteiger charge is 2.31. The molecule has 0 aromatic carbocycles. The average Bonchev–Trinajstić information content (AvgIpc) is 2.40. The molecular weight excluding hydrogens is 212 g/mol. The molecule has 2 heterocycles. The maximum atomic E-state index is 5.43. The Morgan fingerprint density at radius 3 is 2.18 bits per heavy atom. The predicted octanol–water partition coefficient (Wildman–Crippen LogP) is 1.97. The van der Waals surface area contributed by atoms with Gasteiger partial charge in [0, 0.05) is 37.8 Å². The first-order valence-corrected chi connectivity index (χ1v) is 7.20. The molecule has 3 nitrogen and oxygen atoms in total. The first kappa shape index (κ1) is 13.3. The van der Waals surface area contributed by atoms with Gasteiger partial charge in [0.1, 0.15) is 0 Å². The minimum Gasteiger partial charge on any atom is -0.379 e. The summed E-state index contributed by atoms with van der Waals surface area (Å²) in [5.74, 6) is 0. The number of morpholine rings is 1. The molecule has 0 N–H and O–H groups in total. The van der Waals surface area contributed by atoms with Crippen LogP contribution in [0.2, 0.25) is 0 Å². The minimum atomic E-state index is 0.385. The van der Waals surface area contributed by atoms with E-state index in [2.05, 4.69) is 30.6 Å². The summed E-state index contributed by atoms with van der Waals surface area (Å²) in [6, 6.07) is 0.808. The normalized spacial score (nSPS) is 26.3. The van der Waals surface area contributed by atoms with Crippen molar-refractivity contribution in [2.45, 2.75) is 51.6 Å². The summed E-state index contributed by atoms with van der Waals surface area (Å²) >= 11 is 0. The van der Waals surface area contributed by atoms with E-state index in [0.29, 0.717) is 5.54 Å². The first-order valence-electron chi connectivity index (χ1n) is 7.20. The smallest absolute Gasteiger partial charge is 0.0594 e. The van der Waals surface area contributed by atoms with Gasteiger partial charge in [-0.15, -0.1) is 0 Å². The number of hydrogen-bond acceptors (Lipinski definition) is 3. The van der Waals surface area contributed by atoms with Crippen molar-refractivity contribution >= 4 is 0 Å².